The molecule has 2 nitrogen and oxygen atoms in total. The molecule has 21 heavy (non-hydrogen) atoms. The van der Waals surface area contributed by atoms with Crippen molar-refractivity contribution in [1.82, 2.24) is 9.97 Å². The van der Waals surface area contributed by atoms with Crippen LogP contribution < -0.4 is 0 Å². The largest absolute Gasteiger partial charge is 0.241 e. The van der Waals surface area contributed by atoms with Crippen molar-refractivity contribution in [3.63, 3.8) is 0 Å². The molecule has 106 valence electrons. The Morgan fingerprint density at radius 1 is 0.857 bits per heavy atom. The minimum Gasteiger partial charge on any atom is -0.241 e. The second kappa shape index (κ2) is 4.96. The van der Waals surface area contributed by atoms with Crippen LogP contribution in [0.4, 0.5) is 0 Å². The maximum Gasteiger partial charge on any atom is 0.116 e. The van der Waals surface area contributed by atoms with Crippen molar-refractivity contribution >= 4 is 10.9 Å². The number of hydrogen-bond donors (Lipinski definition) is 0. The molecule has 0 aliphatic rings. The zero-order valence-corrected chi connectivity index (χ0v) is 13.0. The van der Waals surface area contributed by atoms with Gasteiger partial charge in [-0.05, 0) is 23.5 Å². The SMILES string of the molecule is Cc1ncnc2c(-c3ccc(C(C)(C)C)cc3)cccc12. The summed E-state index contributed by atoms with van der Waals surface area (Å²) < 4.78 is 0. The van der Waals surface area contributed by atoms with Gasteiger partial charge in [-0.15, -0.1) is 0 Å². The zero-order chi connectivity index (χ0) is 15.0. The van der Waals surface area contributed by atoms with E-state index in [2.05, 4.69) is 73.2 Å². The van der Waals surface area contributed by atoms with Crippen LogP contribution >= 0.6 is 0 Å². The van der Waals surface area contributed by atoms with Crippen LogP contribution in [0.2, 0.25) is 0 Å². The van der Waals surface area contributed by atoms with E-state index in [4.69, 9.17) is 0 Å². The molecule has 0 aliphatic carbocycles. The number of nitrogens with zero attached hydrogens (tertiary/aromatic N) is 2. The summed E-state index contributed by atoms with van der Waals surface area (Å²) in [5.41, 5.74) is 5.93. The summed E-state index contributed by atoms with van der Waals surface area (Å²) in [5, 5.41) is 1.12. The molecular formula is C19H20N2. The quantitative estimate of drug-likeness (QED) is 0.631. The minimum atomic E-state index is 0.177. The van der Waals surface area contributed by atoms with Crippen molar-refractivity contribution in [3.8, 4) is 11.1 Å². The molecule has 0 saturated heterocycles. The van der Waals surface area contributed by atoms with Crippen LogP contribution in [0.3, 0.4) is 0 Å². The molecule has 1 heterocycles. The van der Waals surface area contributed by atoms with E-state index in [9.17, 15) is 0 Å². The van der Waals surface area contributed by atoms with Crippen molar-refractivity contribution < 1.29 is 0 Å². The first-order valence-corrected chi connectivity index (χ1v) is 7.28. The number of aromatic nitrogens is 2. The van der Waals surface area contributed by atoms with E-state index in [-0.39, 0.29) is 5.41 Å². The van der Waals surface area contributed by atoms with Crippen LogP contribution in [0, 0.1) is 6.92 Å². The van der Waals surface area contributed by atoms with Crippen LogP contribution in [-0.4, -0.2) is 9.97 Å². The Balaban J connectivity index is 2.15. The van der Waals surface area contributed by atoms with Gasteiger partial charge in [-0.25, -0.2) is 9.97 Å². The topological polar surface area (TPSA) is 25.8 Å². The van der Waals surface area contributed by atoms with Gasteiger partial charge < -0.3 is 0 Å². The highest BCUT2D eigenvalue weighted by molar-refractivity contribution is 5.94. The normalized spacial score (nSPS) is 11.8. The fourth-order valence-electron chi connectivity index (χ4n) is 2.60. The number of rotatable bonds is 1. The number of aryl methyl sites for hydroxylation is 1. The molecule has 3 rings (SSSR count). The maximum absolute atomic E-state index is 4.48. The van der Waals surface area contributed by atoms with E-state index >= 15 is 0 Å². The zero-order valence-electron chi connectivity index (χ0n) is 13.0. The van der Waals surface area contributed by atoms with E-state index in [1.54, 1.807) is 6.33 Å². The van der Waals surface area contributed by atoms with E-state index in [0.717, 1.165) is 16.6 Å². The van der Waals surface area contributed by atoms with Gasteiger partial charge in [0.25, 0.3) is 0 Å². The van der Waals surface area contributed by atoms with E-state index in [1.807, 2.05) is 6.92 Å². The van der Waals surface area contributed by atoms with Gasteiger partial charge in [-0.1, -0.05) is 63.2 Å². The summed E-state index contributed by atoms with van der Waals surface area (Å²) in [5.74, 6) is 0. The molecule has 3 aromatic rings. The van der Waals surface area contributed by atoms with E-state index < -0.39 is 0 Å². The monoisotopic (exact) mass is 276 g/mol. The van der Waals surface area contributed by atoms with Gasteiger partial charge in [-0.3, -0.25) is 0 Å². The average molecular weight is 276 g/mol. The summed E-state index contributed by atoms with van der Waals surface area (Å²) in [6.45, 7) is 8.72. The molecule has 0 N–H and O–H groups in total. The second-order valence-corrected chi connectivity index (χ2v) is 6.49. The molecule has 2 aromatic carbocycles. The molecule has 0 aliphatic heterocycles. The lowest BCUT2D eigenvalue weighted by molar-refractivity contribution is 0.590. The maximum atomic E-state index is 4.48. The lowest BCUT2D eigenvalue weighted by Gasteiger charge is -2.19. The molecule has 2 heteroatoms. The number of hydrogen-bond acceptors (Lipinski definition) is 2. The minimum absolute atomic E-state index is 0.177. The first-order chi connectivity index (χ1) is 9.97. The van der Waals surface area contributed by atoms with Crippen LogP contribution in [-0.2, 0) is 5.41 Å². The third kappa shape index (κ3) is 2.54. The fraction of sp³-hybridized carbons (Fsp3) is 0.263. The smallest absolute Gasteiger partial charge is 0.116 e. The van der Waals surface area contributed by atoms with Crippen LogP contribution in [0.5, 0.6) is 0 Å². The summed E-state index contributed by atoms with van der Waals surface area (Å²) in [4.78, 5) is 8.76. The Kier molecular flexibility index (Phi) is 3.25. The number of benzene rings is 2. The Morgan fingerprint density at radius 2 is 1.57 bits per heavy atom. The molecule has 0 amide bonds. The van der Waals surface area contributed by atoms with Gasteiger partial charge in [0, 0.05) is 16.6 Å². The highest BCUT2D eigenvalue weighted by Gasteiger charge is 2.14. The standard InChI is InChI=1S/C19H20N2/c1-13-16-6-5-7-17(18(16)21-12-20-13)14-8-10-15(11-9-14)19(2,3)4/h5-12H,1-4H3. The molecular weight excluding hydrogens is 256 g/mol. The van der Waals surface area contributed by atoms with Crippen molar-refractivity contribution in [2.75, 3.05) is 0 Å². The average Bonchev–Trinajstić information content (AvgIpc) is 2.46. The molecule has 0 saturated carbocycles. The predicted octanol–water partition coefficient (Wildman–Crippen LogP) is 4.90. The van der Waals surface area contributed by atoms with Gasteiger partial charge in [-0.2, -0.15) is 0 Å². The Hall–Kier alpha value is -2.22. The molecule has 0 radical (unpaired) electrons. The van der Waals surface area contributed by atoms with Gasteiger partial charge >= 0.3 is 0 Å². The molecule has 0 atom stereocenters. The first-order valence-electron chi connectivity index (χ1n) is 7.28. The molecule has 0 bridgehead atoms. The van der Waals surface area contributed by atoms with Gasteiger partial charge in [0.05, 0.1) is 5.52 Å². The van der Waals surface area contributed by atoms with Gasteiger partial charge in [0.2, 0.25) is 0 Å². The molecule has 0 fully saturated rings. The van der Waals surface area contributed by atoms with Crippen molar-refractivity contribution in [2.24, 2.45) is 0 Å². The Morgan fingerprint density at radius 3 is 2.24 bits per heavy atom. The number of para-hydroxylation sites is 1. The Bertz CT molecular complexity index is 781. The van der Waals surface area contributed by atoms with Crippen LogP contribution in [0.25, 0.3) is 22.0 Å². The van der Waals surface area contributed by atoms with E-state index in [1.165, 1.54) is 16.7 Å². The lowest BCUT2D eigenvalue weighted by Crippen LogP contribution is -2.10. The molecule has 1 aromatic heterocycles. The summed E-state index contributed by atoms with van der Waals surface area (Å²) in [6.07, 6.45) is 1.64. The highest BCUT2D eigenvalue weighted by atomic mass is 14.8. The number of fused-ring (bicyclic) bond motifs is 1. The summed E-state index contributed by atoms with van der Waals surface area (Å²) >= 11 is 0. The fourth-order valence-corrected chi connectivity index (χ4v) is 2.60. The highest BCUT2D eigenvalue weighted by Crippen LogP contribution is 2.30. The summed E-state index contributed by atoms with van der Waals surface area (Å²) in [6, 6.07) is 15.1. The van der Waals surface area contributed by atoms with Crippen molar-refractivity contribution in [1.29, 1.82) is 0 Å². The Labute approximate surface area is 125 Å². The van der Waals surface area contributed by atoms with Gasteiger partial charge in [0.15, 0.2) is 0 Å². The molecule has 0 unspecified atom stereocenters. The van der Waals surface area contributed by atoms with Crippen molar-refractivity contribution in [3.05, 3.63) is 60.0 Å². The van der Waals surface area contributed by atoms with Crippen molar-refractivity contribution in [2.45, 2.75) is 33.1 Å². The van der Waals surface area contributed by atoms with Gasteiger partial charge in [0.1, 0.15) is 6.33 Å². The third-order valence-corrected chi connectivity index (χ3v) is 3.93. The molecule has 0 spiro atoms. The van der Waals surface area contributed by atoms with Crippen LogP contribution in [0.1, 0.15) is 32.0 Å². The summed E-state index contributed by atoms with van der Waals surface area (Å²) in [7, 11) is 0. The lowest BCUT2D eigenvalue weighted by atomic mass is 9.86. The second-order valence-electron chi connectivity index (χ2n) is 6.49. The van der Waals surface area contributed by atoms with Crippen LogP contribution in [0.15, 0.2) is 48.8 Å². The van der Waals surface area contributed by atoms with E-state index in [0.29, 0.717) is 0 Å². The predicted molar refractivity (Wildman–Crippen MR) is 88.4 cm³/mol. The first kappa shape index (κ1) is 13.7. The third-order valence-electron chi connectivity index (χ3n) is 3.93.